The molecule has 2 heterocycles. The highest BCUT2D eigenvalue weighted by Gasteiger charge is 2.19. The van der Waals surface area contributed by atoms with Crippen LogP contribution in [0.4, 0.5) is 0 Å². The van der Waals surface area contributed by atoms with Crippen molar-refractivity contribution in [1.29, 1.82) is 0 Å². The molecule has 7 heteroatoms. The number of carbonyl (C=O) groups excluding carboxylic acids is 1. The zero-order valence-electron chi connectivity index (χ0n) is 19.4. The van der Waals surface area contributed by atoms with Gasteiger partial charge in [-0.1, -0.05) is 18.2 Å². The van der Waals surface area contributed by atoms with Crippen LogP contribution in [0.15, 0.2) is 48.0 Å². The third-order valence-electron chi connectivity index (χ3n) is 6.00. The number of hydrogen-bond acceptors (Lipinski definition) is 5. The summed E-state index contributed by atoms with van der Waals surface area (Å²) in [5.74, 6) is 1.44. The second kappa shape index (κ2) is 11.5. The minimum atomic E-state index is 0. The standard InChI is InChI=1S/C26H30N2O3S.ClH/c1-27(13-9-20-18-32-25-8-5-4-7-22(20)25)11-6-12-28-14-10-19-15-23(30-2)24(31-3)16-21(19)17-26(28)29;/h4-5,7-8,10,14-16,18H,6,9,11-13,17H2,1-3H3;1H. The summed E-state index contributed by atoms with van der Waals surface area (Å²) < 4.78 is 12.1. The molecule has 0 fully saturated rings. The molecule has 0 unspecified atom stereocenters. The lowest BCUT2D eigenvalue weighted by atomic mass is 10.0. The predicted octanol–water partition coefficient (Wildman–Crippen LogP) is 5.26. The van der Waals surface area contributed by atoms with Crippen molar-refractivity contribution in [3.8, 4) is 11.5 Å². The number of likely N-dealkylation sites (N-methyl/N-ethyl adjacent to an activating group) is 1. The Balaban J connectivity index is 0.00000306. The van der Waals surface area contributed by atoms with E-state index in [1.54, 1.807) is 14.2 Å². The van der Waals surface area contributed by atoms with E-state index in [0.717, 1.165) is 37.1 Å². The van der Waals surface area contributed by atoms with Crippen molar-refractivity contribution in [1.82, 2.24) is 9.80 Å². The molecule has 0 N–H and O–H groups in total. The lowest BCUT2D eigenvalue weighted by Gasteiger charge is -2.20. The van der Waals surface area contributed by atoms with Crippen molar-refractivity contribution >= 4 is 45.8 Å². The first-order valence-corrected chi connectivity index (χ1v) is 11.8. The molecule has 1 aromatic heterocycles. The van der Waals surface area contributed by atoms with Crippen LogP contribution in [0.1, 0.15) is 23.1 Å². The van der Waals surface area contributed by atoms with E-state index in [-0.39, 0.29) is 18.3 Å². The zero-order chi connectivity index (χ0) is 22.5. The first-order valence-electron chi connectivity index (χ1n) is 10.9. The van der Waals surface area contributed by atoms with Crippen LogP contribution >= 0.6 is 23.7 Å². The molecule has 0 radical (unpaired) electrons. The van der Waals surface area contributed by atoms with Crippen LogP contribution < -0.4 is 9.47 Å². The Labute approximate surface area is 206 Å². The lowest BCUT2D eigenvalue weighted by molar-refractivity contribution is -0.127. The van der Waals surface area contributed by atoms with Gasteiger partial charge in [0, 0.05) is 24.0 Å². The van der Waals surface area contributed by atoms with E-state index < -0.39 is 0 Å². The van der Waals surface area contributed by atoms with Gasteiger partial charge >= 0.3 is 0 Å². The molecule has 33 heavy (non-hydrogen) atoms. The average Bonchev–Trinajstić information content (AvgIpc) is 3.16. The molecule has 1 amide bonds. The summed E-state index contributed by atoms with van der Waals surface area (Å²) in [6.45, 7) is 2.67. The highest BCUT2D eigenvalue weighted by Crippen LogP contribution is 2.32. The number of halogens is 1. The minimum Gasteiger partial charge on any atom is -0.493 e. The fourth-order valence-corrected chi connectivity index (χ4v) is 5.12. The average molecular weight is 487 g/mol. The number of ether oxygens (including phenoxy) is 2. The Morgan fingerprint density at radius 3 is 2.64 bits per heavy atom. The van der Waals surface area contributed by atoms with E-state index in [4.69, 9.17) is 9.47 Å². The van der Waals surface area contributed by atoms with Crippen molar-refractivity contribution in [2.45, 2.75) is 19.3 Å². The van der Waals surface area contributed by atoms with Gasteiger partial charge in [-0.05, 0) is 78.2 Å². The number of hydrogen-bond donors (Lipinski definition) is 0. The van der Waals surface area contributed by atoms with Gasteiger partial charge < -0.3 is 19.3 Å². The van der Waals surface area contributed by atoms with Crippen molar-refractivity contribution in [2.24, 2.45) is 0 Å². The molecule has 5 nitrogen and oxygen atoms in total. The number of methoxy groups -OCH3 is 2. The fourth-order valence-electron chi connectivity index (χ4n) is 4.12. The summed E-state index contributed by atoms with van der Waals surface area (Å²) in [6.07, 6.45) is 6.23. The summed E-state index contributed by atoms with van der Waals surface area (Å²) in [5.41, 5.74) is 3.39. The molecule has 0 bridgehead atoms. The molecule has 3 aromatic rings. The van der Waals surface area contributed by atoms with Gasteiger partial charge in [-0.2, -0.15) is 0 Å². The monoisotopic (exact) mass is 486 g/mol. The van der Waals surface area contributed by atoms with Crippen molar-refractivity contribution < 1.29 is 14.3 Å². The van der Waals surface area contributed by atoms with Gasteiger partial charge in [0.25, 0.3) is 0 Å². The summed E-state index contributed by atoms with van der Waals surface area (Å²) in [6, 6.07) is 12.4. The first kappa shape index (κ1) is 25.1. The normalized spacial score (nSPS) is 13.1. The SMILES string of the molecule is COc1cc2c(cc1OC)CC(=O)N(CCCN(C)CCc1csc3ccccc13)C=C2.Cl. The maximum Gasteiger partial charge on any atom is 0.230 e. The summed E-state index contributed by atoms with van der Waals surface area (Å²) in [4.78, 5) is 17.0. The number of nitrogens with zero attached hydrogens (tertiary/aromatic N) is 2. The maximum absolute atomic E-state index is 12.8. The van der Waals surface area contributed by atoms with Crippen LogP contribution in [0, 0.1) is 0 Å². The number of carbonyl (C=O) groups is 1. The Morgan fingerprint density at radius 1 is 1.09 bits per heavy atom. The van der Waals surface area contributed by atoms with E-state index in [2.05, 4.69) is 41.6 Å². The van der Waals surface area contributed by atoms with Crippen molar-refractivity contribution in [2.75, 3.05) is 40.9 Å². The highest BCUT2D eigenvalue weighted by molar-refractivity contribution is 7.17. The van der Waals surface area contributed by atoms with Crippen LogP contribution in [0.3, 0.4) is 0 Å². The van der Waals surface area contributed by atoms with Crippen LogP contribution in [-0.2, 0) is 17.6 Å². The second-order valence-electron chi connectivity index (χ2n) is 8.15. The fraction of sp³-hybridized carbons (Fsp3) is 0.346. The largest absolute Gasteiger partial charge is 0.493 e. The third-order valence-corrected chi connectivity index (χ3v) is 7.02. The minimum absolute atomic E-state index is 0. The summed E-state index contributed by atoms with van der Waals surface area (Å²) in [7, 11) is 5.39. The summed E-state index contributed by atoms with van der Waals surface area (Å²) in [5, 5.41) is 3.65. The van der Waals surface area contributed by atoms with E-state index in [9.17, 15) is 4.79 Å². The van der Waals surface area contributed by atoms with Gasteiger partial charge in [0.1, 0.15) is 0 Å². The van der Waals surface area contributed by atoms with Gasteiger partial charge in [0.15, 0.2) is 11.5 Å². The van der Waals surface area contributed by atoms with Crippen LogP contribution in [-0.4, -0.2) is 56.6 Å². The van der Waals surface area contributed by atoms with E-state index in [1.165, 1.54) is 15.6 Å². The molecular weight excluding hydrogens is 456 g/mol. The lowest BCUT2D eigenvalue weighted by Crippen LogP contribution is -2.30. The Bertz CT molecular complexity index is 1130. The Kier molecular flexibility index (Phi) is 8.78. The topological polar surface area (TPSA) is 42.0 Å². The van der Waals surface area contributed by atoms with Crippen molar-refractivity contribution in [3.63, 3.8) is 0 Å². The zero-order valence-corrected chi connectivity index (χ0v) is 21.0. The third kappa shape index (κ3) is 5.88. The maximum atomic E-state index is 12.8. The van der Waals surface area contributed by atoms with Gasteiger partial charge in [0.05, 0.1) is 20.6 Å². The van der Waals surface area contributed by atoms with Gasteiger partial charge in [-0.15, -0.1) is 23.7 Å². The molecule has 0 aliphatic carbocycles. The van der Waals surface area contributed by atoms with Crippen LogP contribution in [0.5, 0.6) is 11.5 Å². The van der Waals surface area contributed by atoms with Crippen molar-refractivity contribution in [3.05, 3.63) is 64.7 Å². The highest BCUT2D eigenvalue weighted by atomic mass is 35.5. The number of fused-ring (bicyclic) bond motifs is 2. The second-order valence-corrected chi connectivity index (χ2v) is 9.06. The Morgan fingerprint density at radius 2 is 1.85 bits per heavy atom. The van der Waals surface area contributed by atoms with E-state index >= 15 is 0 Å². The van der Waals surface area contributed by atoms with E-state index in [1.807, 2.05) is 40.6 Å². The predicted molar refractivity (Wildman–Crippen MR) is 139 cm³/mol. The molecule has 0 saturated heterocycles. The first-order chi connectivity index (χ1) is 15.6. The molecule has 4 rings (SSSR count). The molecule has 1 aliphatic rings. The molecule has 0 atom stereocenters. The molecular formula is C26H31ClN2O3S. The van der Waals surface area contributed by atoms with E-state index in [0.29, 0.717) is 24.5 Å². The van der Waals surface area contributed by atoms with Gasteiger partial charge in [-0.3, -0.25) is 4.79 Å². The van der Waals surface area contributed by atoms with Crippen LogP contribution in [0.2, 0.25) is 0 Å². The molecule has 0 spiro atoms. The molecule has 0 saturated carbocycles. The molecule has 1 aliphatic heterocycles. The summed E-state index contributed by atoms with van der Waals surface area (Å²) >= 11 is 1.82. The quantitative estimate of drug-likeness (QED) is 0.413. The number of amides is 1. The van der Waals surface area contributed by atoms with Gasteiger partial charge in [-0.25, -0.2) is 0 Å². The molecule has 176 valence electrons. The molecule has 2 aromatic carbocycles. The number of rotatable bonds is 9. The van der Waals surface area contributed by atoms with Gasteiger partial charge in [0.2, 0.25) is 5.91 Å². The van der Waals surface area contributed by atoms with Crippen LogP contribution in [0.25, 0.3) is 16.2 Å². The number of thiophene rings is 1. The Hall–Kier alpha value is -2.54. The number of benzene rings is 2. The smallest absolute Gasteiger partial charge is 0.230 e.